The highest BCUT2D eigenvalue weighted by Gasteiger charge is 2.29. The van der Waals surface area contributed by atoms with Crippen molar-refractivity contribution in [1.29, 1.82) is 0 Å². The molecule has 1 amide bonds. The van der Waals surface area contributed by atoms with Gasteiger partial charge in [-0.3, -0.25) is 9.20 Å². The predicted octanol–water partition coefficient (Wildman–Crippen LogP) is 2.29. The number of carbonyl (C=O) groups excluding carboxylic acids is 1. The number of hydrogen-bond donors (Lipinski definition) is 0. The molecule has 6 heteroatoms. The van der Waals surface area contributed by atoms with Crippen LogP contribution < -0.4 is 4.74 Å². The summed E-state index contributed by atoms with van der Waals surface area (Å²) in [6.07, 6.45) is 1.95. The topological polar surface area (TPSA) is 56.1 Å². The van der Waals surface area contributed by atoms with Gasteiger partial charge in [-0.2, -0.15) is 0 Å². The van der Waals surface area contributed by atoms with E-state index >= 15 is 0 Å². The molecule has 2 aromatic heterocycles. The van der Waals surface area contributed by atoms with Gasteiger partial charge in [0.15, 0.2) is 11.4 Å². The van der Waals surface area contributed by atoms with Crippen LogP contribution in [0.25, 0.3) is 5.65 Å². The summed E-state index contributed by atoms with van der Waals surface area (Å²) in [4.78, 5) is 19.4. The average Bonchev–Trinajstić information content (AvgIpc) is 2.83. The zero-order valence-electron chi connectivity index (χ0n) is 14.1. The van der Waals surface area contributed by atoms with E-state index in [0.29, 0.717) is 42.5 Å². The number of carbonyl (C=O) groups is 1. The second-order valence-corrected chi connectivity index (χ2v) is 6.01. The van der Waals surface area contributed by atoms with E-state index in [1.54, 1.807) is 0 Å². The molecule has 1 aliphatic heterocycles. The molecule has 0 saturated carbocycles. The van der Waals surface area contributed by atoms with Gasteiger partial charge in [0, 0.05) is 19.3 Å². The number of pyridine rings is 1. The molecule has 124 valence electrons. The van der Waals surface area contributed by atoms with Gasteiger partial charge < -0.3 is 14.4 Å². The maximum Gasteiger partial charge on any atom is 0.272 e. The molecule has 1 fully saturated rings. The van der Waals surface area contributed by atoms with Crippen LogP contribution in [0.2, 0.25) is 0 Å². The Balaban J connectivity index is 2.00. The lowest BCUT2D eigenvalue weighted by Crippen LogP contribution is -2.48. The molecular weight excluding hydrogens is 294 g/mol. The molecule has 2 aromatic rings. The van der Waals surface area contributed by atoms with E-state index in [4.69, 9.17) is 9.47 Å². The molecule has 0 N–H and O–H groups in total. The van der Waals surface area contributed by atoms with Crippen LogP contribution in [0.5, 0.6) is 5.75 Å². The van der Waals surface area contributed by atoms with Crippen LogP contribution in [0.15, 0.2) is 18.3 Å². The first kappa shape index (κ1) is 15.8. The minimum atomic E-state index is -0.00866. The van der Waals surface area contributed by atoms with Gasteiger partial charge >= 0.3 is 0 Å². The Bertz CT molecular complexity index is 715. The van der Waals surface area contributed by atoms with Gasteiger partial charge in [-0.1, -0.05) is 0 Å². The van der Waals surface area contributed by atoms with Crippen LogP contribution >= 0.6 is 0 Å². The number of fused-ring (bicyclic) bond motifs is 1. The zero-order chi connectivity index (χ0) is 16.6. The van der Waals surface area contributed by atoms with Gasteiger partial charge in [-0.05, 0) is 39.8 Å². The predicted molar refractivity (Wildman–Crippen MR) is 87.0 cm³/mol. The van der Waals surface area contributed by atoms with Crippen molar-refractivity contribution in [1.82, 2.24) is 14.3 Å². The Morgan fingerprint density at radius 3 is 2.74 bits per heavy atom. The van der Waals surface area contributed by atoms with Crippen molar-refractivity contribution in [3.05, 3.63) is 29.7 Å². The molecule has 1 aliphatic rings. The van der Waals surface area contributed by atoms with Crippen LogP contribution in [0.3, 0.4) is 0 Å². The molecular formula is C17H23N3O3. The fourth-order valence-electron chi connectivity index (χ4n) is 3.18. The van der Waals surface area contributed by atoms with Crippen LogP contribution in [-0.2, 0) is 4.74 Å². The molecule has 1 saturated heterocycles. The van der Waals surface area contributed by atoms with Gasteiger partial charge in [-0.15, -0.1) is 0 Å². The monoisotopic (exact) mass is 317 g/mol. The lowest BCUT2D eigenvalue weighted by molar-refractivity contribution is -0.0587. The first-order valence-corrected chi connectivity index (χ1v) is 8.06. The fraction of sp³-hybridized carbons (Fsp3) is 0.529. The molecule has 2 unspecified atom stereocenters. The van der Waals surface area contributed by atoms with Gasteiger partial charge in [0.05, 0.1) is 24.5 Å². The molecule has 3 heterocycles. The highest BCUT2D eigenvalue weighted by atomic mass is 16.5. The Hall–Kier alpha value is -2.08. The molecule has 0 aliphatic carbocycles. The van der Waals surface area contributed by atoms with E-state index < -0.39 is 0 Å². The van der Waals surface area contributed by atoms with Crippen LogP contribution in [0, 0.1) is 6.92 Å². The van der Waals surface area contributed by atoms with Crippen molar-refractivity contribution in [2.45, 2.75) is 39.9 Å². The third-order valence-electron chi connectivity index (χ3n) is 4.00. The lowest BCUT2D eigenvalue weighted by Gasteiger charge is -2.35. The van der Waals surface area contributed by atoms with Gasteiger partial charge in [-0.25, -0.2) is 4.98 Å². The highest BCUT2D eigenvalue weighted by molar-refractivity contribution is 5.95. The number of aromatic nitrogens is 2. The summed E-state index contributed by atoms with van der Waals surface area (Å²) in [7, 11) is 0. The van der Waals surface area contributed by atoms with Crippen LogP contribution in [0.1, 0.15) is 37.0 Å². The van der Waals surface area contributed by atoms with E-state index in [1.165, 1.54) is 0 Å². The van der Waals surface area contributed by atoms with Crippen molar-refractivity contribution in [3.8, 4) is 5.75 Å². The van der Waals surface area contributed by atoms with Gasteiger partial charge in [0.1, 0.15) is 5.69 Å². The van der Waals surface area contributed by atoms with Gasteiger partial charge in [0.25, 0.3) is 5.91 Å². The Morgan fingerprint density at radius 1 is 1.39 bits per heavy atom. The summed E-state index contributed by atoms with van der Waals surface area (Å²) >= 11 is 0. The molecule has 0 aromatic carbocycles. The maximum absolute atomic E-state index is 13.0. The SMILES string of the molecule is CCOc1cccn2c(C(=O)N3CC(C)OC(C)C3)c(C)nc12. The van der Waals surface area contributed by atoms with Crippen molar-refractivity contribution < 1.29 is 14.3 Å². The number of imidazole rings is 1. The van der Waals surface area contributed by atoms with E-state index in [-0.39, 0.29) is 18.1 Å². The molecule has 0 radical (unpaired) electrons. The van der Waals surface area contributed by atoms with Crippen LogP contribution in [0.4, 0.5) is 0 Å². The van der Waals surface area contributed by atoms with Crippen molar-refractivity contribution >= 4 is 11.6 Å². The Morgan fingerprint density at radius 2 is 2.09 bits per heavy atom. The molecule has 6 nitrogen and oxygen atoms in total. The molecule has 0 bridgehead atoms. The van der Waals surface area contributed by atoms with Crippen molar-refractivity contribution in [3.63, 3.8) is 0 Å². The minimum Gasteiger partial charge on any atom is -0.490 e. The van der Waals surface area contributed by atoms with Crippen molar-refractivity contribution in [2.24, 2.45) is 0 Å². The third-order valence-corrected chi connectivity index (χ3v) is 4.00. The van der Waals surface area contributed by atoms with Crippen molar-refractivity contribution in [2.75, 3.05) is 19.7 Å². The number of aryl methyl sites for hydroxylation is 1. The molecule has 3 rings (SSSR count). The minimum absolute atomic E-state index is 0.00866. The summed E-state index contributed by atoms with van der Waals surface area (Å²) < 4.78 is 13.2. The third kappa shape index (κ3) is 2.91. The largest absolute Gasteiger partial charge is 0.490 e. The van der Waals surface area contributed by atoms with E-state index in [1.807, 2.05) is 55.3 Å². The summed E-state index contributed by atoms with van der Waals surface area (Å²) in [6.45, 7) is 9.54. The maximum atomic E-state index is 13.0. The summed E-state index contributed by atoms with van der Waals surface area (Å²) in [5.74, 6) is 0.687. The van der Waals surface area contributed by atoms with E-state index in [9.17, 15) is 4.79 Å². The van der Waals surface area contributed by atoms with Gasteiger partial charge in [0.2, 0.25) is 0 Å². The van der Waals surface area contributed by atoms with E-state index in [2.05, 4.69) is 4.98 Å². The number of amides is 1. The summed E-state index contributed by atoms with van der Waals surface area (Å²) in [5.41, 5.74) is 2.00. The fourth-order valence-corrected chi connectivity index (χ4v) is 3.18. The quantitative estimate of drug-likeness (QED) is 0.871. The number of morpholine rings is 1. The lowest BCUT2D eigenvalue weighted by atomic mass is 10.2. The molecule has 23 heavy (non-hydrogen) atoms. The number of hydrogen-bond acceptors (Lipinski definition) is 4. The molecule has 2 atom stereocenters. The number of ether oxygens (including phenoxy) is 2. The first-order chi connectivity index (χ1) is 11.0. The smallest absolute Gasteiger partial charge is 0.272 e. The first-order valence-electron chi connectivity index (χ1n) is 8.06. The second kappa shape index (κ2) is 6.20. The normalized spacial score (nSPS) is 21.7. The summed E-state index contributed by atoms with van der Waals surface area (Å²) in [5, 5.41) is 0. The number of nitrogens with zero attached hydrogens (tertiary/aromatic N) is 3. The van der Waals surface area contributed by atoms with Crippen LogP contribution in [-0.4, -0.2) is 52.1 Å². The number of rotatable bonds is 3. The molecule has 0 spiro atoms. The Labute approximate surface area is 136 Å². The highest BCUT2D eigenvalue weighted by Crippen LogP contribution is 2.24. The second-order valence-electron chi connectivity index (χ2n) is 6.01. The zero-order valence-corrected chi connectivity index (χ0v) is 14.1. The Kier molecular flexibility index (Phi) is 4.26. The average molecular weight is 317 g/mol. The standard InChI is InChI=1S/C17H23N3O3/c1-5-22-14-7-6-8-20-15(13(4)18-16(14)20)17(21)19-9-11(2)23-12(3)10-19/h6-8,11-12H,5,9-10H2,1-4H3. The summed E-state index contributed by atoms with van der Waals surface area (Å²) in [6, 6.07) is 3.75. The van der Waals surface area contributed by atoms with E-state index in [0.717, 1.165) is 0 Å².